The first-order chi connectivity index (χ1) is 18.9. The standard InChI is InChI=1S/C34H43NO4/c1-5-8-25-9-13-27-14-15-28-21-24(6-2)12-18-30(28)33(31(27)22-25)35(4)19-20-39-29-16-10-26(11-17-29)23-32(34(36)37)38-7-3/h9-13,16-18,21-22,32-33H,5-8,14-15,19-20,23H2,1-4H3,(H,36,37). The minimum Gasteiger partial charge on any atom is -0.492 e. The molecule has 0 radical (unpaired) electrons. The molecule has 0 spiro atoms. The number of carbonyl (C=O) groups is 1. The Bertz CT molecular complexity index is 1240. The van der Waals surface area contributed by atoms with E-state index in [0.29, 0.717) is 19.6 Å². The second-order valence-electron chi connectivity index (χ2n) is 10.5. The summed E-state index contributed by atoms with van der Waals surface area (Å²) in [6.07, 6.45) is 4.95. The number of carboxylic acid groups (broad SMARTS) is 1. The average Bonchev–Trinajstić information content (AvgIpc) is 3.09. The summed E-state index contributed by atoms with van der Waals surface area (Å²) in [4.78, 5) is 13.8. The van der Waals surface area contributed by atoms with Gasteiger partial charge in [-0.1, -0.05) is 68.8 Å². The molecule has 0 amide bonds. The maximum atomic E-state index is 11.4. The van der Waals surface area contributed by atoms with Crippen molar-refractivity contribution in [3.05, 3.63) is 99.6 Å². The van der Waals surface area contributed by atoms with Crippen molar-refractivity contribution in [1.82, 2.24) is 4.90 Å². The van der Waals surface area contributed by atoms with Crippen molar-refractivity contribution in [2.45, 2.75) is 71.4 Å². The molecular weight excluding hydrogens is 486 g/mol. The number of hydrogen-bond acceptors (Lipinski definition) is 4. The van der Waals surface area contributed by atoms with Crippen LogP contribution >= 0.6 is 0 Å². The second-order valence-corrected chi connectivity index (χ2v) is 10.5. The van der Waals surface area contributed by atoms with Gasteiger partial charge in [-0.15, -0.1) is 0 Å². The van der Waals surface area contributed by atoms with Gasteiger partial charge in [0, 0.05) is 19.6 Å². The maximum absolute atomic E-state index is 11.4. The van der Waals surface area contributed by atoms with Crippen LogP contribution in [0.1, 0.15) is 72.2 Å². The highest BCUT2D eigenvalue weighted by Crippen LogP contribution is 2.37. The summed E-state index contributed by atoms with van der Waals surface area (Å²) in [6, 6.07) is 22.0. The largest absolute Gasteiger partial charge is 0.492 e. The van der Waals surface area contributed by atoms with Crippen LogP contribution in [0.15, 0.2) is 60.7 Å². The predicted molar refractivity (Wildman–Crippen MR) is 157 cm³/mol. The molecule has 3 aromatic rings. The first kappa shape index (κ1) is 28.8. The molecule has 0 fully saturated rings. The van der Waals surface area contributed by atoms with Gasteiger partial charge in [-0.2, -0.15) is 0 Å². The molecule has 5 heteroatoms. The number of carboxylic acids is 1. The SMILES string of the molecule is CCCc1ccc2c(c1)C(N(C)CCOc1ccc(CC(OCC)C(=O)O)cc1)c1ccc(CC)cc1CC2. The Kier molecular flexibility index (Phi) is 10.2. The van der Waals surface area contributed by atoms with Gasteiger partial charge in [0.1, 0.15) is 12.4 Å². The van der Waals surface area contributed by atoms with Gasteiger partial charge in [-0.05, 0) is 90.7 Å². The van der Waals surface area contributed by atoms with Gasteiger partial charge in [-0.25, -0.2) is 4.79 Å². The van der Waals surface area contributed by atoms with E-state index in [4.69, 9.17) is 9.47 Å². The zero-order valence-corrected chi connectivity index (χ0v) is 23.9. The number of rotatable bonds is 13. The van der Waals surface area contributed by atoms with Gasteiger partial charge >= 0.3 is 5.97 Å². The zero-order valence-electron chi connectivity index (χ0n) is 23.9. The molecule has 1 aliphatic rings. The van der Waals surface area contributed by atoms with Crippen LogP contribution in [-0.2, 0) is 41.6 Å². The molecule has 1 N–H and O–H groups in total. The maximum Gasteiger partial charge on any atom is 0.333 e. The number of fused-ring (bicyclic) bond motifs is 2. The van der Waals surface area contributed by atoms with Gasteiger partial charge < -0.3 is 14.6 Å². The van der Waals surface area contributed by atoms with E-state index in [1.54, 1.807) is 0 Å². The van der Waals surface area contributed by atoms with Crippen molar-refractivity contribution in [3.8, 4) is 5.75 Å². The van der Waals surface area contributed by atoms with E-state index in [2.05, 4.69) is 62.2 Å². The highest BCUT2D eigenvalue weighted by molar-refractivity contribution is 5.72. The molecule has 2 unspecified atom stereocenters. The minimum atomic E-state index is -0.936. The van der Waals surface area contributed by atoms with E-state index >= 15 is 0 Å². The van der Waals surface area contributed by atoms with Crippen LogP contribution in [-0.4, -0.2) is 48.9 Å². The predicted octanol–water partition coefficient (Wildman–Crippen LogP) is 6.43. The average molecular weight is 530 g/mol. The molecule has 1 aliphatic carbocycles. The Morgan fingerprint density at radius 1 is 0.923 bits per heavy atom. The fourth-order valence-electron chi connectivity index (χ4n) is 5.64. The molecule has 0 saturated carbocycles. The Labute approximate surface area is 233 Å². The number of hydrogen-bond donors (Lipinski definition) is 1. The summed E-state index contributed by atoms with van der Waals surface area (Å²) in [5.41, 5.74) is 9.48. The number of nitrogens with zero attached hydrogens (tertiary/aromatic N) is 1. The molecule has 39 heavy (non-hydrogen) atoms. The van der Waals surface area contributed by atoms with E-state index in [1.807, 2.05) is 31.2 Å². The molecule has 4 rings (SSSR count). The third-order valence-corrected chi connectivity index (χ3v) is 7.76. The number of likely N-dealkylation sites (N-methyl/N-ethyl adjacent to an activating group) is 1. The lowest BCUT2D eigenvalue weighted by atomic mass is 9.90. The zero-order chi connectivity index (χ0) is 27.8. The molecule has 0 heterocycles. The highest BCUT2D eigenvalue weighted by atomic mass is 16.5. The summed E-state index contributed by atoms with van der Waals surface area (Å²) in [6.45, 7) is 8.00. The Hall–Kier alpha value is -3.15. The smallest absolute Gasteiger partial charge is 0.333 e. The topological polar surface area (TPSA) is 59.0 Å². The van der Waals surface area contributed by atoms with Gasteiger partial charge in [-0.3, -0.25) is 4.90 Å². The molecular formula is C34H43NO4. The van der Waals surface area contributed by atoms with Gasteiger partial charge in [0.25, 0.3) is 0 Å². The normalized spacial score (nSPS) is 15.4. The molecule has 0 saturated heterocycles. The molecule has 0 aromatic heterocycles. The van der Waals surface area contributed by atoms with Crippen molar-refractivity contribution in [2.24, 2.45) is 0 Å². The molecule has 5 nitrogen and oxygen atoms in total. The lowest BCUT2D eigenvalue weighted by molar-refractivity contribution is -0.149. The van der Waals surface area contributed by atoms with E-state index < -0.39 is 12.1 Å². The number of benzene rings is 3. The first-order valence-corrected chi connectivity index (χ1v) is 14.4. The van der Waals surface area contributed by atoms with Crippen molar-refractivity contribution in [3.63, 3.8) is 0 Å². The van der Waals surface area contributed by atoms with Crippen molar-refractivity contribution >= 4 is 5.97 Å². The van der Waals surface area contributed by atoms with E-state index in [0.717, 1.165) is 50.0 Å². The van der Waals surface area contributed by atoms with E-state index in [-0.39, 0.29) is 6.04 Å². The third-order valence-electron chi connectivity index (χ3n) is 7.76. The fraction of sp³-hybridized carbons (Fsp3) is 0.441. The Balaban J connectivity index is 1.48. The summed E-state index contributed by atoms with van der Waals surface area (Å²) >= 11 is 0. The molecule has 208 valence electrons. The molecule has 2 atom stereocenters. The monoisotopic (exact) mass is 529 g/mol. The Morgan fingerprint density at radius 3 is 2.33 bits per heavy atom. The first-order valence-electron chi connectivity index (χ1n) is 14.4. The fourth-order valence-corrected chi connectivity index (χ4v) is 5.64. The highest BCUT2D eigenvalue weighted by Gasteiger charge is 2.27. The van der Waals surface area contributed by atoms with Crippen molar-refractivity contribution < 1.29 is 19.4 Å². The molecule has 0 aliphatic heterocycles. The summed E-state index contributed by atoms with van der Waals surface area (Å²) in [7, 11) is 2.20. The second kappa shape index (κ2) is 13.8. The number of ether oxygens (including phenoxy) is 2. The van der Waals surface area contributed by atoms with E-state index in [1.165, 1.54) is 33.4 Å². The number of aliphatic carboxylic acids is 1. The quantitative estimate of drug-likeness (QED) is 0.276. The van der Waals surface area contributed by atoms with E-state index in [9.17, 15) is 9.90 Å². The van der Waals surface area contributed by atoms with Crippen LogP contribution < -0.4 is 4.74 Å². The van der Waals surface area contributed by atoms with Crippen LogP contribution in [0.3, 0.4) is 0 Å². The summed E-state index contributed by atoms with van der Waals surface area (Å²) in [5, 5.41) is 9.35. The lowest BCUT2D eigenvalue weighted by Crippen LogP contribution is -2.30. The van der Waals surface area contributed by atoms with Gasteiger partial charge in [0.05, 0.1) is 6.04 Å². The molecule has 3 aromatic carbocycles. The number of aryl methyl sites for hydroxylation is 4. The van der Waals surface area contributed by atoms with Gasteiger partial charge in [0.15, 0.2) is 6.10 Å². The molecule has 0 bridgehead atoms. The summed E-state index contributed by atoms with van der Waals surface area (Å²) < 4.78 is 11.5. The lowest BCUT2D eigenvalue weighted by Gasteiger charge is -2.31. The van der Waals surface area contributed by atoms with Crippen molar-refractivity contribution in [1.29, 1.82) is 0 Å². The van der Waals surface area contributed by atoms with Crippen LogP contribution in [0, 0.1) is 0 Å². The summed E-state index contributed by atoms with van der Waals surface area (Å²) in [5.74, 6) is -0.149. The van der Waals surface area contributed by atoms with Crippen LogP contribution in [0.5, 0.6) is 5.75 Å². The van der Waals surface area contributed by atoms with Crippen LogP contribution in [0.4, 0.5) is 0 Å². The Morgan fingerprint density at radius 2 is 1.64 bits per heavy atom. The van der Waals surface area contributed by atoms with Crippen LogP contribution in [0.2, 0.25) is 0 Å². The van der Waals surface area contributed by atoms with Gasteiger partial charge in [0.2, 0.25) is 0 Å². The van der Waals surface area contributed by atoms with Crippen molar-refractivity contribution in [2.75, 3.05) is 26.8 Å². The third kappa shape index (κ3) is 7.28. The van der Waals surface area contributed by atoms with Crippen LogP contribution in [0.25, 0.3) is 0 Å². The minimum absolute atomic E-state index is 0.192.